The smallest absolute Gasteiger partial charge is 0.416 e. The second-order valence-electron chi connectivity index (χ2n) is 7.72. The van der Waals surface area contributed by atoms with Crippen LogP contribution in [-0.2, 0) is 17.5 Å². The van der Waals surface area contributed by atoms with Crippen molar-refractivity contribution in [1.29, 1.82) is 0 Å². The molecule has 36 heavy (non-hydrogen) atoms. The van der Waals surface area contributed by atoms with Crippen LogP contribution in [0.25, 0.3) is 0 Å². The summed E-state index contributed by atoms with van der Waals surface area (Å²) in [6.07, 6.45) is -3.05. The minimum Gasteiger partial charge on any atom is -0.454 e. The number of aryl methyl sites for hydroxylation is 1. The SMILES string of the molecule is C=CCn1c(C)cc(C(=O)COC(=O)c2ccccc2Sc2ccc(C(F)(F)F)cc2[N+](=O)[O-])c1C. The van der Waals surface area contributed by atoms with Crippen LogP contribution < -0.4 is 0 Å². The molecule has 0 fully saturated rings. The topological polar surface area (TPSA) is 91.4 Å². The number of Topliss-reactive ketones (excluding diaryl/α,β-unsaturated/α-hetero) is 1. The minimum atomic E-state index is -4.74. The lowest BCUT2D eigenvalue weighted by Gasteiger charge is -2.11. The van der Waals surface area contributed by atoms with Crippen LogP contribution in [-0.4, -0.2) is 27.8 Å². The zero-order valence-electron chi connectivity index (χ0n) is 19.3. The number of esters is 1. The maximum absolute atomic E-state index is 13.0. The van der Waals surface area contributed by atoms with Crippen LogP contribution in [0.15, 0.2) is 71.0 Å². The van der Waals surface area contributed by atoms with Crippen LogP contribution in [0, 0.1) is 24.0 Å². The summed E-state index contributed by atoms with van der Waals surface area (Å²) in [7, 11) is 0. The van der Waals surface area contributed by atoms with Gasteiger partial charge in [0.2, 0.25) is 5.78 Å². The highest BCUT2D eigenvalue weighted by Crippen LogP contribution is 2.40. The Labute approximate surface area is 208 Å². The third-order valence-electron chi connectivity index (χ3n) is 5.33. The third-order valence-corrected chi connectivity index (χ3v) is 6.47. The van der Waals surface area contributed by atoms with E-state index in [1.165, 1.54) is 18.2 Å². The van der Waals surface area contributed by atoms with Crippen LogP contribution in [0.5, 0.6) is 0 Å². The van der Waals surface area contributed by atoms with Gasteiger partial charge in [0.1, 0.15) is 0 Å². The molecule has 0 atom stereocenters. The Hall–Kier alpha value is -3.86. The van der Waals surface area contributed by atoms with Crippen molar-refractivity contribution in [3.05, 3.63) is 99.4 Å². The van der Waals surface area contributed by atoms with Crippen LogP contribution >= 0.6 is 11.8 Å². The van der Waals surface area contributed by atoms with Gasteiger partial charge in [-0.25, -0.2) is 4.79 Å². The van der Waals surface area contributed by atoms with Gasteiger partial charge in [-0.15, -0.1) is 6.58 Å². The van der Waals surface area contributed by atoms with Gasteiger partial charge in [0.05, 0.1) is 20.9 Å². The number of carbonyl (C=O) groups excluding carboxylic acids is 2. The number of hydrogen-bond donors (Lipinski definition) is 0. The summed E-state index contributed by atoms with van der Waals surface area (Å²) in [5, 5.41) is 11.4. The van der Waals surface area contributed by atoms with E-state index in [2.05, 4.69) is 6.58 Å². The average molecular weight is 519 g/mol. The molecular weight excluding hydrogens is 497 g/mol. The molecule has 0 saturated heterocycles. The van der Waals surface area contributed by atoms with Crippen LogP contribution in [0.3, 0.4) is 0 Å². The van der Waals surface area contributed by atoms with Crippen LogP contribution in [0.4, 0.5) is 18.9 Å². The number of halogens is 3. The second-order valence-corrected chi connectivity index (χ2v) is 8.80. The number of rotatable bonds is 9. The van der Waals surface area contributed by atoms with E-state index >= 15 is 0 Å². The number of alkyl halides is 3. The molecule has 3 aromatic rings. The number of nitro benzene ring substituents is 1. The van der Waals surface area contributed by atoms with E-state index in [4.69, 9.17) is 4.74 Å². The van der Waals surface area contributed by atoms with Crippen molar-refractivity contribution in [2.24, 2.45) is 0 Å². The summed E-state index contributed by atoms with van der Waals surface area (Å²) in [6, 6.07) is 9.84. The zero-order valence-corrected chi connectivity index (χ0v) is 20.1. The molecule has 2 aromatic carbocycles. The quantitative estimate of drug-likeness (QED) is 0.107. The Morgan fingerprint density at radius 2 is 1.81 bits per heavy atom. The first-order valence-corrected chi connectivity index (χ1v) is 11.4. The Morgan fingerprint density at radius 3 is 2.44 bits per heavy atom. The summed E-state index contributed by atoms with van der Waals surface area (Å²) in [6.45, 7) is 7.29. The number of allylic oxidation sites excluding steroid dienone is 1. The van der Waals surface area contributed by atoms with E-state index in [-0.39, 0.29) is 15.4 Å². The number of nitro groups is 1. The number of ketones is 1. The molecule has 3 rings (SSSR count). The van der Waals surface area contributed by atoms with E-state index in [9.17, 15) is 32.9 Å². The first-order valence-electron chi connectivity index (χ1n) is 10.5. The number of carbonyl (C=O) groups is 2. The first-order chi connectivity index (χ1) is 16.9. The van der Waals surface area contributed by atoms with E-state index in [1.807, 2.05) is 11.5 Å². The molecule has 1 aromatic heterocycles. The number of ether oxygens (including phenoxy) is 1. The van der Waals surface area contributed by atoms with Gasteiger partial charge in [0.15, 0.2) is 6.61 Å². The molecule has 1 heterocycles. The predicted octanol–water partition coefficient (Wildman–Crippen LogP) is 6.41. The molecule has 0 radical (unpaired) electrons. The molecule has 0 unspecified atom stereocenters. The van der Waals surface area contributed by atoms with Crippen molar-refractivity contribution in [2.75, 3.05) is 6.61 Å². The molecule has 7 nitrogen and oxygen atoms in total. The lowest BCUT2D eigenvalue weighted by atomic mass is 10.1. The fourth-order valence-corrected chi connectivity index (χ4v) is 4.56. The van der Waals surface area contributed by atoms with Crippen molar-refractivity contribution < 1.29 is 32.4 Å². The normalized spacial score (nSPS) is 11.2. The van der Waals surface area contributed by atoms with Crippen molar-refractivity contribution in [3.8, 4) is 0 Å². The third kappa shape index (κ3) is 5.85. The maximum Gasteiger partial charge on any atom is 0.416 e. The van der Waals surface area contributed by atoms with Crippen LogP contribution in [0.2, 0.25) is 0 Å². The van der Waals surface area contributed by atoms with E-state index in [1.54, 1.807) is 25.1 Å². The summed E-state index contributed by atoms with van der Waals surface area (Å²) in [5.41, 5.74) is 0.0769. The largest absolute Gasteiger partial charge is 0.454 e. The maximum atomic E-state index is 13.0. The molecule has 0 spiro atoms. The highest BCUT2D eigenvalue weighted by Gasteiger charge is 2.33. The van der Waals surface area contributed by atoms with Gasteiger partial charge in [-0.2, -0.15) is 13.2 Å². The molecule has 188 valence electrons. The lowest BCUT2D eigenvalue weighted by Crippen LogP contribution is -2.15. The molecule has 0 aliphatic heterocycles. The van der Waals surface area contributed by atoms with Crippen molar-refractivity contribution in [2.45, 2.75) is 36.4 Å². The summed E-state index contributed by atoms with van der Waals surface area (Å²) in [5.74, 6) is -1.25. The zero-order chi connectivity index (χ0) is 26.6. The molecule has 0 saturated carbocycles. The van der Waals surface area contributed by atoms with Crippen molar-refractivity contribution in [1.82, 2.24) is 4.57 Å². The van der Waals surface area contributed by atoms with E-state index < -0.39 is 40.7 Å². The van der Waals surface area contributed by atoms with Gasteiger partial charge in [-0.1, -0.05) is 30.0 Å². The fraction of sp³-hybridized carbons (Fsp3) is 0.200. The molecule has 11 heteroatoms. The molecule has 0 aliphatic carbocycles. The molecule has 0 bridgehead atoms. The number of benzene rings is 2. The monoisotopic (exact) mass is 518 g/mol. The standard InChI is InChI=1S/C25H21F3N2O5S/c1-4-11-29-15(2)12-19(16(29)3)21(31)14-35-24(32)18-7-5-6-8-22(18)36-23-10-9-17(25(26,27)28)13-20(23)30(33)34/h4-10,12-13H,1,11,14H2,2-3H3. The van der Waals surface area contributed by atoms with Gasteiger partial charge >= 0.3 is 12.1 Å². The van der Waals surface area contributed by atoms with Crippen molar-refractivity contribution in [3.63, 3.8) is 0 Å². The van der Waals surface area contributed by atoms with E-state index in [0.29, 0.717) is 23.9 Å². The molecule has 0 amide bonds. The Balaban J connectivity index is 1.81. The molecular formula is C25H21F3N2O5S. The van der Waals surface area contributed by atoms with Crippen LogP contribution in [0.1, 0.15) is 37.7 Å². The Kier molecular flexibility index (Phi) is 8.03. The number of aromatic nitrogens is 1. The van der Waals surface area contributed by atoms with E-state index in [0.717, 1.165) is 29.6 Å². The number of hydrogen-bond acceptors (Lipinski definition) is 6. The summed E-state index contributed by atoms with van der Waals surface area (Å²) >= 11 is 0.753. The first kappa shape index (κ1) is 26.7. The van der Waals surface area contributed by atoms with Gasteiger partial charge in [-0.3, -0.25) is 14.9 Å². The Morgan fingerprint density at radius 1 is 1.11 bits per heavy atom. The van der Waals surface area contributed by atoms with Crippen molar-refractivity contribution >= 4 is 29.2 Å². The average Bonchev–Trinajstić information content (AvgIpc) is 3.11. The summed E-state index contributed by atoms with van der Waals surface area (Å²) < 4.78 is 46.1. The highest BCUT2D eigenvalue weighted by molar-refractivity contribution is 7.99. The minimum absolute atomic E-state index is 0.0154. The Bertz CT molecular complexity index is 1350. The highest BCUT2D eigenvalue weighted by atomic mass is 32.2. The number of nitrogens with zero attached hydrogens (tertiary/aromatic N) is 2. The molecule has 0 aliphatic rings. The van der Waals surface area contributed by atoms with Gasteiger partial charge in [0.25, 0.3) is 5.69 Å². The van der Waals surface area contributed by atoms with Gasteiger partial charge < -0.3 is 9.30 Å². The van der Waals surface area contributed by atoms with Gasteiger partial charge in [-0.05, 0) is 44.2 Å². The fourth-order valence-electron chi connectivity index (χ4n) is 3.55. The second kappa shape index (κ2) is 10.8. The van der Waals surface area contributed by atoms with Gasteiger partial charge in [0, 0.05) is 34.5 Å². The predicted molar refractivity (Wildman–Crippen MR) is 127 cm³/mol. The lowest BCUT2D eigenvalue weighted by molar-refractivity contribution is -0.388. The summed E-state index contributed by atoms with van der Waals surface area (Å²) in [4.78, 5) is 36.1. The molecule has 0 N–H and O–H groups in total.